The van der Waals surface area contributed by atoms with Crippen molar-refractivity contribution >= 4 is 17.7 Å². The van der Waals surface area contributed by atoms with Crippen molar-refractivity contribution in [1.29, 1.82) is 0 Å². The van der Waals surface area contributed by atoms with E-state index in [1.54, 1.807) is 4.90 Å². The molecule has 3 rings (SSSR count). The van der Waals surface area contributed by atoms with Crippen LogP contribution in [0, 0.1) is 0 Å². The molecular formula is C18H23N3O3. The van der Waals surface area contributed by atoms with Gasteiger partial charge < -0.3 is 15.1 Å². The van der Waals surface area contributed by atoms with Crippen molar-refractivity contribution in [3.63, 3.8) is 0 Å². The van der Waals surface area contributed by atoms with Crippen LogP contribution >= 0.6 is 0 Å². The summed E-state index contributed by atoms with van der Waals surface area (Å²) in [5, 5.41) is 2.73. The van der Waals surface area contributed by atoms with Gasteiger partial charge in [0.25, 0.3) is 0 Å². The summed E-state index contributed by atoms with van der Waals surface area (Å²) in [5.41, 5.74) is 1.01. The van der Waals surface area contributed by atoms with E-state index in [0.29, 0.717) is 45.4 Å². The fourth-order valence-corrected chi connectivity index (χ4v) is 3.29. The van der Waals surface area contributed by atoms with Gasteiger partial charge in [-0.1, -0.05) is 30.3 Å². The first-order valence-corrected chi connectivity index (χ1v) is 8.53. The van der Waals surface area contributed by atoms with E-state index >= 15 is 0 Å². The second-order valence-electron chi connectivity index (χ2n) is 6.38. The molecule has 0 saturated carbocycles. The number of nitrogens with zero attached hydrogens (tertiary/aromatic N) is 2. The Bertz CT molecular complexity index is 617. The number of nitrogens with one attached hydrogen (secondary N) is 1. The number of rotatable bonds is 3. The summed E-state index contributed by atoms with van der Waals surface area (Å²) in [4.78, 5) is 39.8. The Kier molecular flexibility index (Phi) is 5.13. The van der Waals surface area contributed by atoms with Crippen LogP contribution < -0.4 is 5.32 Å². The monoisotopic (exact) mass is 329 g/mol. The van der Waals surface area contributed by atoms with Crippen LogP contribution in [0.3, 0.4) is 0 Å². The van der Waals surface area contributed by atoms with Crippen molar-refractivity contribution in [2.75, 3.05) is 26.2 Å². The molecule has 0 radical (unpaired) electrons. The van der Waals surface area contributed by atoms with Crippen LogP contribution in [0.2, 0.25) is 0 Å². The van der Waals surface area contributed by atoms with Gasteiger partial charge in [-0.3, -0.25) is 14.4 Å². The minimum absolute atomic E-state index is 0.0155. The van der Waals surface area contributed by atoms with Crippen molar-refractivity contribution < 1.29 is 14.4 Å². The Hall–Kier alpha value is -2.37. The van der Waals surface area contributed by atoms with Gasteiger partial charge in [0.15, 0.2) is 0 Å². The normalized spacial score (nSPS) is 21.3. The van der Waals surface area contributed by atoms with Crippen LogP contribution in [-0.2, 0) is 20.8 Å². The van der Waals surface area contributed by atoms with Crippen LogP contribution in [-0.4, -0.2) is 59.7 Å². The van der Waals surface area contributed by atoms with Gasteiger partial charge >= 0.3 is 0 Å². The van der Waals surface area contributed by atoms with Gasteiger partial charge in [-0.15, -0.1) is 0 Å². The highest BCUT2D eigenvalue weighted by molar-refractivity contribution is 5.90. The molecule has 6 nitrogen and oxygen atoms in total. The van der Waals surface area contributed by atoms with Gasteiger partial charge in [0, 0.05) is 32.6 Å². The Morgan fingerprint density at radius 1 is 1.04 bits per heavy atom. The maximum absolute atomic E-state index is 12.5. The maximum Gasteiger partial charge on any atom is 0.245 e. The summed E-state index contributed by atoms with van der Waals surface area (Å²) in [6.45, 7) is 2.40. The van der Waals surface area contributed by atoms with E-state index in [4.69, 9.17) is 0 Å². The second-order valence-corrected chi connectivity index (χ2v) is 6.38. The molecular weight excluding hydrogens is 306 g/mol. The predicted molar refractivity (Wildman–Crippen MR) is 89.1 cm³/mol. The zero-order valence-corrected chi connectivity index (χ0v) is 13.7. The molecule has 2 saturated heterocycles. The molecule has 0 bridgehead atoms. The minimum atomic E-state index is -0.385. The van der Waals surface area contributed by atoms with Crippen molar-refractivity contribution in [3.05, 3.63) is 35.9 Å². The number of carbonyl (C=O) groups is 3. The number of carbonyl (C=O) groups excluding carboxylic acids is 3. The molecule has 0 spiro atoms. The number of hydrogen-bond acceptors (Lipinski definition) is 3. The third-order valence-corrected chi connectivity index (χ3v) is 4.65. The summed E-state index contributed by atoms with van der Waals surface area (Å²) >= 11 is 0. The molecule has 3 amide bonds. The van der Waals surface area contributed by atoms with Crippen LogP contribution in [0.5, 0.6) is 0 Å². The zero-order chi connectivity index (χ0) is 16.9. The predicted octanol–water partition coefficient (Wildman–Crippen LogP) is 0.569. The topological polar surface area (TPSA) is 69.7 Å². The van der Waals surface area contributed by atoms with Crippen molar-refractivity contribution in [2.45, 2.75) is 31.7 Å². The SMILES string of the molecule is O=C1CCC(C(=O)N2CCCN(C(=O)Cc3ccccc3)CC2)N1. The molecule has 1 atom stereocenters. The molecule has 6 heteroatoms. The van der Waals surface area contributed by atoms with Crippen LogP contribution in [0.25, 0.3) is 0 Å². The molecule has 2 fully saturated rings. The minimum Gasteiger partial charge on any atom is -0.344 e. The van der Waals surface area contributed by atoms with E-state index in [1.807, 2.05) is 35.2 Å². The van der Waals surface area contributed by atoms with E-state index < -0.39 is 0 Å². The molecule has 2 aliphatic heterocycles. The maximum atomic E-state index is 12.5. The third kappa shape index (κ3) is 3.93. The first-order chi connectivity index (χ1) is 11.6. The highest BCUT2D eigenvalue weighted by Crippen LogP contribution is 2.13. The fourth-order valence-electron chi connectivity index (χ4n) is 3.29. The lowest BCUT2D eigenvalue weighted by Crippen LogP contribution is -2.46. The largest absolute Gasteiger partial charge is 0.344 e. The van der Waals surface area contributed by atoms with Gasteiger partial charge in [0.2, 0.25) is 17.7 Å². The van der Waals surface area contributed by atoms with E-state index in [1.165, 1.54) is 0 Å². The fraction of sp³-hybridized carbons (Fsp3) is 0.500. The molecule has 0 aliphatic carbocycles. The summed E-state index contributed by atoms with van der Waals surface area (Å²) in [6, 6.07) is 9.32. The average molecular weight is 329 g/mol. The summed E-state index contributed by atoms with van der Waals surface area (Å²) in [5.74, 6) is 0.0331. The van der Waals surface area contributed by atoms with Crippen LogP contribution in [0.15, 0.2) is 30.3 Å². The van der Waals surface area contributed by atoms with Gasteiger partial charge in [0.1, 0.15) is 6.04 Å². The average Bonchev–Trinajstić information content (AvgIpc) is 2.87. The molecule has 2 aliphatic rings. The standard InChI is InChI=1S/C18H23N3O3/c22-16-8-7-15(19-16)18(24)21-10-4-9-20(11-12-21)17(23)13-14-5-2-1-3-6-14/h1-3,5-6,15H,4,7-13H2,(H,19,22). The number of hydrogen-bond donors (Lipinski definition) is 1. The lowest BCUT2D eigenvalue weighted by Gasteiger charge is -2.24. The van der Waals surface area contributed by atoms with E-state index in [9.17, 15) is 14.4 Å². The van der Waals surface area contributed by atoms with Crippen LogP contribution in [0.1, 0.15) is 24.8 Å². The first-order valence-electron chi connectivity index (χ1n) is 8.53. The molecule has 1 aromatic rings. The Morgan fingerprint density at radius 2 is 1.75 bits per heavy atom. The smallest absolute Gasteiger partial charge is 0.245 e. The number of amides is 3. The molecule has 24 heavy (non-hydrogen) atoms. The molecule has 0 aromatic heterocycles. The number of benzene rings is 1. The summed E-state index contributed by atoms with van der Waals surface area (Å²) in [7, 11) is 0. The molecule has 128 valence electrons. The quantitative estimate of drug-likeness (QED) is 0.881. The second kappa shape index (κ2) is 7.47. The lowest BCUT2D eigenvalue weighted by atomic mass is 10.1. The molecule has 1 N–H and O–H groups in total. The lowest BCUT2D eigenvalue weighted by molar-refractivity contribution is -0.135. The molecule has 1 aromatic carbocycles. The van der Waals surface area contributed by atoms with Crippen LogP contribution in [0.4, 0.5) is 0 Å². The van der Waals surface area contributed by atoms with Crippen molar-refractivity contribution in [2.24, 2.45) is 0 Å². The van der Waals surface area contributed by atoms with Gasteiger partial charge in [0.05, 0.1) is 6.42 Å². The van der Waals surface area contributed by atoms with Gasteiger partial charge in [-0.2, -0.15) is 0 Å². The molecule has 1 unspecified atom stereocenters. The summed E-state index contributed by atoms with van der Waals surface area (Å²) < 4.78 is 0. The van der Waals surface area contributed by atoms with E-state index in [0.717, 1.165) is 12.0 Å². The first kappa shape index (κ1) is 16.5. The van der Waals surface area contributed by atoms with Gasteiger partial charge in [-0.25, -0.2) is 0 Å². The third-order valence-electron chi connectivity index (χ3n) is 4.65. The van der Waals surface area contributed by atoms with Gasteiger partial charge in [-0.05, 0) is 18.4 Å². The van der Waals surface area contributed by atoms with E-state index in [-0.39, 0.29) is 23.8 Å². The highest BCUT2D eigenvalue weighted by atomic mass is 16.2. The van der Waals surface area contributed by atoms with Crippen molar-refractivity contribution in [3.8, 4) is 0 Å². The Morgan fingerprint density at radius 3 is 2.46 bits per heavy atom. The Labute approximate surface area is 141 Å². The van der Waals surface area contributed by atoms with E-state index in [2.05, 4.69) is 5.32 Å². The van der Waals surface area contributed by atoms with Crippen molar-refractivity contribution in [1.82, 2.24) is 15.1 Å². The zero-order valence-electron chi connectivity index (χ0n) is 13.7. The summed E-state index contributed by atoms with van der Waals surface area (Å²) in [6.07, 6.45) is 2.16. The Balaban J connectivity index is 1.54. The molecule has 2 heterocycles. The highest BCUT2D eigenvalue weighted by Gasteiger charge is 2.31.